The second kappa shape index (κ2) is 9.28. The SMILES string of the molecule is COc1ccc([C@@H](CC(C)C)NC(=S)Nc2cccc(OC)c2)cc1. The summed E-state index contributed by atoms with van der Waals surface area (Å²) in [5.41, 5.74) is 2.08. The van der Waals surface area contributed by atoms with E-state index in [0.717, 1.165) is 23.6 Å². The number of anilines is 1. The molecular weight excluding hydrogens is 332 g/mol. The number of rotatable bonds is 7. The van der Waals surface area contributed by atoms with Gasteiger partial charge in [0.1, 0.15) is 11.5 Å². The van der Waals surface area contributed by atoms with Crippen LogP contribution in [0.4, 0.5) is 5.69 Å². The Morgan fingerprint density at radius 2 is 1.68 bits per heavy atom. The number of thiocarbonyl (C=S) groups is 1. The minimum absolute atomic E-state index is 0.136. The predicted molar refractivity (Wildman–Crippen MR) is 108 cm³/mol. The highest BCUT2D eigenvalue weighted by Gasteiger charge is 2.15. The maximum Gasteiger partial charge on any atom is 0.171 e. The molecule has 4 nitrogen and oxygen atoms in total. The van der Waals surface area contributed by atoms with E-state index in [4.69, 9.17) is 21.7 Å². The lowest BCUT2D eigenvalue weighted by Crippen LogP contribution is -2.33. The Morgan fingerprint density at radius 3 is 2.28 bits per heavy atom. The van der Waals surface area contributed by atoms with Gasteiger partial charge in [-0.05, 0) is 54.4 Å². The van der Waals surface area contributed by atoms with E-state index in [1.807, 2.05) is 36.4 Å². The summed E-state index contributed by atoms with van der Waals surface area (Å²) >= 11 is 5.51. The average molecular weight is 359 g/mol. The highest BCUT2D eigenvalue weighted by Crippen LogP contribution is 2.24. The van der Waals surface area contributed by atoms with Gasteiger partial charge in [-0.2, -0.15) is 0 Å². The molecule has 1 atom stereocenters. The second-order valence-electron chi connectivity index (χ2n) is 6.29. The van der Waals surface area contributed by atoms with Crippen LogP contribution in [-0.4, -0.2) is 19.3 Å². The standard InChI is InChI=1S/C20H26N2O2S/c1-14(2)12-19(15-8-10-17(23-3)11-9-15)22-20(25)21-16-6-5-7-18(13-16)24-4/h5-11,13-14,19H,12H2,1-4H3,(H2,21,22,25)/t19-/m1/s1. The lowest BCUT2D eigenvalue weighted by atomic mass is 9.97. The van der Waals surface area contributed by atoms with E-state index in [2.05, 4.69) is 36.6 Å². The molecule has 25 heavy (non-hydrogen) atoms. The average Bonchev–Trinajstić information content (AvgIpc) is 2.61. The summed E-state index contributed by atoms with van der Waals surface area (Å²) in [5.74, 6) is 2.19. The van der Waals surface area contributed by atoms with Gasteiger partial charge >= 0.3 is 0 Å². The van der Waals surface area contributed by atoms with E-state index in [1.54, 1.807) is 14.2 Å². The molecule has 2 aromatic rings. The van der Waals surface area contributed by atoms with Gasteiger partial charge in [-0.25, -0.2) is 0 Å². The smallest absolute Gasteiger partial charge is 0.171 e. The lowest BCUT2D eigenvalue weighted by Gasteiger charge is -2.23. The zero-order valence-electron chi connectivity index (χ0n) is 15.2. The molecule has 0 spiro atoms. The maximum atomic E-state index is 5.51. The molecule has 0 radical (unpaired) electrons. The molecule has 0 bridgehead atoms. The highest BCUT2D eigenvalue weighted by molar-refractivity contribution is 7.80. The van der Waals surface area contributed by atoms with Crippen LogP contribution >= 0.6 is 12.2 Å². The van der Waals surface area contributed by atoms with Crippen molar-refractivity contribution in [1.82, 2.24) is 5.32 Å². The van der Waals surface area contributed by atoms with E-state index in [1.165, 1.54) is 5.56 Å². The van der Waals surface area contributed by atoms with Crippen molar-refractivity contribution >= 4 is 23.0 Å². The molecule has 5 heteroatoms. The Bertz CT molecular complexity index is 686. The van der Waals surface area contributed by atoms with Gasteiger partial charge in [0.15, 0.2) is 5.11 Å². The monoisotopic (exact) mass is 358 g/mol. The topological polar surface area (TPSA) is 42.5 Å². The Morgan fingerprint density at radius 1 is 1.00 bits per heavy atom. The number of methoxy groups -OCH3 is 2. The van der Waals surface area contributed by atoms with Gasteiger partial charge in [0, 0.05) is 11.8 Å². The summed E-state index contributed by atoms with van der Waals surface area (Å²) in [5, 5.41) is 7.25. The van der Waals surface area contributed by atoms with Crippen molar-refractivity contribution < 1.29 is 9.47 Å². The molecule has 0 heterocycles. The number of benzene rings is 2. The first kappa shape index (κ1) is 19.1. The fourth-order valence-electron chi connectivity index (χ4n) is 2.61. The minimum Gasteiger partial charge on any atom is -0.497 e. The summed E-state index contributed by atoms with van der Waals surface area (Å²) in [6, 6.07) is 15.9. The Hall–Kier alpha value is -2.27. The Labute approximate surface area is 155 Å². The van der Waals surface area contributed by atoms with Crippen LogP contribution in [0, 0.1) is 5.92 Å². The zero-order chi connectivity index (χ0) is 18.2. The molecule has 2 N–H and O–H groups in total. The maximum absolute atomic E-state index is 5.51. The number of ether oxygens (including phenoxy) is 2. The molecule has 2 aromatic carbocycles. The number of hydrogen-bond donors (Lipinski definition) is 2. The van der Waals surface area contributed by atoms with E-state index in [-0.39, 0.29) is 6.04 Å². The zero-order valence-corrected chi connectivity index (χ0v) is 16.0. The molecule has 0 aliphatic heterocycles. The van der Waals surface area contributed by atoms with Crippen LogP contribution < -0.4 is 20.1 Å². The predicted octanol–water partition coefficient (Wildman–Crippen LogP) is 4.78. The van der Waals surface area contributed by atoms with Crippen molar-refractivity contribution in [2.75, 3.05) is 19.5 Å². The quantitative estimate of drug-likeness (QED) is 0.698. The second-order valence-corrected chi connectivity index (χ2v) is 6.69. The van der Waals surface area contributed by atoms with Crippen molar-refractivity contribution in [2.45, 2.75) is 26.3 Å². The first-order valence-electron chi connectivity index (χ1n) is 8.37. The van der Waals surface area contributed by atoms with Crippen molar-refractivity contribution in [3.8, 4) is 11.5 Å². The van der Waals surface area contributed by atoms with Crippen LogP contribution in [-0.2, 0) is 0 Å². The fraction of sp³-hybridized carbons (Fsp3) is 0.350. The van der Waals surface area contributed by atoms with E-state index in [9.17, 15) is 0 Å². The lowest BCUT2D eigenvalue weighted by molar-refractivity contribution is 0.414. The van der Waals surface area contributed by atoms with E-state index in [0.29, 0.717) is 11.0 Å². The third kappa shape index (κ3) is 5.94. The first-order chi connectivity index (χ1) is 12.0. The van der Waals surface area contributed by atoms with Crippen molar-refractivity contribution in [1.29, 1.82) is 0 Å². The molecule has 0 unspecified atom stereocenters. The summed E-state index contributed by atoms with van der Waals surface area (Å²) in [4.78, 5) is 0. The molecule has 0 fully saturated rings. The summed E-state index contributed by atoms with van der Waals surface area (Å²) < 4.78 is 10.5. The molecule has 0 aromatic heterocycles. The Balaban J connectivity index is 2.08. The van der Waals surface area contributed by atoms with Crippen LogP contribution in [0.5, 0.6) is 11.5 Å². The molecule has 0 aliphatic rings. The van der Waals surface area contributed by atoms with Crippen molar-refractivity contribution in [3.05, 3.63) is 54.1 Å². The van der Waals surface area contributed by atoms with Crippen LogP contribution in [0.15, 0.2) is 48.5 Å². The van der Waals surface area contributed by atoms with Crippen LogP contribution in [0.3, 0.4) is 0 Å². The molecule has 0 saturated heterocycles. The molecule has 0 saturated carbocycles. The van der Waals surface area contributed by atoms with Gasteiger partial charge in [-0.1, -0.05) is 32.0 Å². The largest absolute Gasteiger partial charge is 0.497 e. The minimum atomic E-state index is 0.136. The first-order valence-corrected chi connectivity index (χ1v) is 8.78. The Kier molecular flexibility index (Phi) is 7.07. The molecule has 0 amide bonds. The summed E-state index contributed by atoms with van der Waals surface area (Å²) in [7, 11) is 3.32. The van der Waals surface area contributed by atoms with Gasteiger partial charge in [-0.15, -0.1) is 0 Å². The molecule has 0 aliphatic carbocycles. The van der Waals surface area contributed by atoms with Gasteiger partial charge in [-0.3, -0.25) is 0 Å². The molecular formula is C20H26N2O2S. The highest BCUT2D eigenvalue weighted by atomic mass is 32.1. The number of nitrogens with one attached hydrogen (secondary N) is 2. The van der Waals surface area contributed by atoms with Gasteiger partial charge < -0.3 is 20.1 Å². The molecule has 134 valence electrons. The van der Waals surface area contributed by atoms with Crippen molar-refractivity contribution in [3.63, 3.8) is 0 Å². The summed E-state index contributed by atoms with van der Waals surface area (Å²) in [6.45, 7) is 4.41. The van der Waals surface area contributed by atoms with Crippen LogP contribution in [0.1, 0.15) is 31.9 Å². The van der Waals surface area contributed by atoms with Crippen LogP contribution in [0.25, 0.3) is 0 Å². The van der Waals surface area contributed by atoms with Gasteiger partial charge in [0.05, 0.1) is 20.3 Å². The third-order valence-corrected chi connectivity index (χ3v) is 4.08. The van der Waals surface area contributed by atoms with Gasteiger partial charge in [0.25, 0.3) is 0 Å². The third-order valence-electron chi connectivity index (χ3n) is 3.86. The van der Waals surface area contributed by atoms with E-state index >= 15 is 0 Å². The fourth-order valence-corrected chi connectivity index (χ4v) is 2.87. The van der Waals surface area contributed by atoms with E-state index < -0.39 is 0 Å². The van der Waals surface area contributed by atoms with Gasteiger partial charge in [0.2, 0.25) is 0 Å². The molecule has 2 rings (SSSR count). The normalized spacial score (nSPS) is 11.7. The van der Waals surface area contributed by atoms with Crippen LogP contribution in [0.2, 0.25) is 0 Å². The van der Waals surface area contributed by atoms with Crippen molar-refractivity contribution in [2.24, 2.45) is 5.92 Å². The number of hydrogen-bond acceptors (Lipinski definition) is 3. The summed E-state index contributed by atoms with van der Waals surface area (Å²) in [6.07, 6.45) is 0.978.